The highest BCUT2D eigenvalue weighted by molar-refractivity contribution is 5.38. The molecule has 0 aliphatic heterocycles. The number of hydrogen-bond acceptors (Lipinski definition) is 3. The van der Waals surface area contributed by atoms with Crippen LogP contribution in [0.3, 0.4) is 0 Å². The van der Waals surface area contributed by atoms with Crippen LogP contribution in [0.1, 0.15) is 51.5 Å². The Balaban J connectivity index is 2.40. The van der Waals surface area contributed by atoms with E-state index in [2.05, 4.69) is 31.3 Å². The summed E-state index contributed by atoms with van der Waals surface area (Å²) in [5.74, 6) is 1.69. The molecule has 0 saturated carbocycles. The van der Waals surface area contributed by atoms with Gasteiger partial charge in [-0.1, -0.05) is 32.6 Å². The monoisotopic (exact) mass is 279 g/mol. The van der Waals surface area contributed by atoms with Crippen LogP contribution in [0.2, 0.25) is 0 Å². The van der Waals surface area contributed by atoms with Crippen molar-refractivity contribution in [1.29, 1.82) is 0 Å². The van der Waals surface area contributed by atoms with Gasteiger partial charge in [0.2, 0.25) is 0 Å². The molecule has 0 aliphatic rings. The van der Waals surface area contributed by atoms with E-state index in [-0.39, 0.29) is 0 Å². The lowest BCUT2D eigenvalue weighted by Gasteiger charge is -2.15. The number of nitrogens with one attached hydrogen (secondary N) is 1. The minimum atomic E-state index is 0.545. The predicted molar refractivity (Wildman–Crippen MR) is 84.6 cm³/mol. The molecular formula is C17H29NO2. The molecule has 0 saturated heterocycles. The zero-order chi connectivity index (χ0) is 14.8. The van der Waals surface area contributed by atoms with Gasteiger partial charge in [0.25, 0.3) is 0 Å². The van der Waals surface area contributed by atoms with Crippen LogP contribution in [-0.2, 0) is 6.54 Å². The molecule has 0 radical (unpaired) electrons. The van der Waals surface area contributed by atoms with E-state index in [9.17, 15) is 0 Å². The maximum absolute atomic E-state index is 5.29. The van der Waals surface area contributed by atoms with Gasteiger partial charge in [-0.15, -0.1) is 0 Å². The number of unbranched alkanes of at least 4 members (excludes halogenated alkanes) is 3. The highest BCUT2D eigenvalue weighted by Crippen LogP contribution is 2.22. The molecule has 0 spiro atoms. The second-order valence-electron chi connectivity index (χ2n) is 5.35. The fourth-order valence-corrected chi connectivity index (χ4v) is 2.24. The largest absolute Gasteiger partial charge is 0.497 e. The first kappa shape index (κ1) is 16.8. The van der Waals surface area contributed by atoms with Crippen molar-refractivity contribution < 1.29 is 9.47 Å². The third-order valence-electron chi connectivity index (χ3n) is 3.56. The second-order valence-corrected chi connectivity index (χ2v) is 5.35. The summed E-state index contributed by atoms with van der Waals surface area (Å²) in [6, 6.07) is 6.56. The quantitative estimate of drug-likeness (QED) is 0.653. The van der Waals surface area contributed by atoms with Crippen LogP contribution in [0.4, 0.5) is 0 Å². The summed E-state index contributed by atoms with van der Waals surface area (Å²) < 4.78 is 10.6. The molecule has 114 valence electrons. The van der Waals surface area contributed by atoms with Crippen LogP contribution in [0.5, 0.6) is 11.5 Å². The van der Waals surface area contributed by atoms with Gasteiger partial charge in [-0.25, -0.2) is 0 Å². The van der Waals surface area contributed by atoms with Crippen LogP contribution in [0, 0.1) is 0 Å². The topological polar surface area (TPSA) is 30.5 Å². The lowest BCUT2D eigenvalue weighted by Crippen LogP contribution is -2.25. The van der Waals surface area contributed by atoms with Crippen molar-refractivity contribution >= 4 is 0 Å². The highest BCUT2D eigenvalue weighted by Gasteiger charge is 2.05. The molecule has 0 fully saturated rings. The first-order valence-electron chi connectivity index (χ1n) is 7.65. The van der Waals surface area contributed by atoms with Gasteiger partial charge in [-0.2, -0.15) is 0 Å². The molecular weight excluding hydrogens is 250 g/mol. The van der Waals surface area contributed by atoms with E-state index in [1.54, 1.807) is 14.2 Å². The summed E-state index contributed by atoms with van der Waals surface area (Å²) in [6.07, 6.45) is 6.53. The number of rotatable bonds is 10. The summed E-state index contributed by atoms with van der Waals surface area (Å²) >= 11 is 0. The lowest BCUT2D eigenvalue weighted by atomic mass is 10.1. The van der Waals surface area contributed by atoms with Crippen LogP contribution in [-0.4, -0.2) is 20.3 Å². The Morgan fingerprint density at radius 2 is 1.65 bits per heavy atom. The average molecular weight is 279 g/mol. The van der Waals surface area contributed by atoms with Gasteiger partial charge < -0.3 is 14.8 Å². The van der Waals surface area contributed by atoms with Crippen LogP contribution in [0.15, 0.2) is 18.2 Å². The van der Waals surface area contributed by atoms with E-state index in [1.807, 2.05) is 6.07 Å². The maximum atomic E-state index is 5.29. The first-order chi connectivity index (χ1) is 9.69. The molecule has 20 heavy (non-hydrogen) atoms. The smallest absolute Gasteiger partial charge is 0.122 e. The summed E-state index contributed by atoms with van der Waals surface area (Å²) in [5, 5.41) is 3.57. The Kier molecular flexibility index (Phi) is 8.12. The maximum Gasteiger partial charge on any atom is 0.122 e. The molecule has 3 nitrogen and oxygen atoms in total. The summed E-state index contributed by atoms with van der Waals surface area (Å²) in [7, 11) is 3.37. The van der Waals surface area contributed by atoms with E-state index in [0.717, 1.165) is 18.0 Å². The van der Waals surface area contributed by atoms with Crippen molar-refractivity contribution in [3.05, 3.63) is 23.8 Å². The van der Waals surface area contributed by atoms with Crippen LogP contribution >= 0.6 is 0 Å². The number of methoxy groups -OCH3 is 2. The molecule has 1 aromatic rings. The van der Waals surface area contributed by atoms with Gasteiger partial charge in [0.05, 0.1) is 14.2 Å². The molecule has 1 atom stereocenters. The highest BCUT2D eigenvalue weighted by atomic mass is 16.5. The van der Waals surface area contributed by atoms with Crippen LogP contribution in [0.25, 0.3) is 0 Å². The molecule has 3 heteroatoms. The molecule has 1 N–H and O–H groups in total. The standard InChI is InChI=1S/C17H29NO2/c1-5-6-7-8-9-14(2)18-13-15-10-16(19-3)12-17(11-15)20-4/h10-12,14,18H,5-9,13H2,1-4H3. The van der Waals surface area contributed by atoms with Crippen LogP contribution < -0.4 is 14.8 Å². The van der Waals surface area contributed by atoms with E-state index in [0.29, 0.717) is 6.04 Å². The fraction of sp³-hybridized carbons (Fsp3) is 0.647. The van der Waals surface area contributed by atoms with Gasteiger partial charge in [0, 0.05) is 18.7 Å². The Labute approximate surface area is 123 Å². The predicted octanol–water partition coefficient (Wildman–Crippen LogP) is 4.15. The molecule has 0 heterocycles. The fourth-order valence-electron chi connectivity index (χ4n) is 2.24. The van der Waals surface area contributed by atoms with Crippen molar-refractivity contribution in [3.8, 4) is 11.5 Å². The second kappa shape index (κ2) is 9.65. The Morgan fingerprint density at radius 1 is 1.00 bits per heavy atom. The van der Waals surface area contributed by atoms with Crippen molar-refractivity contribution in [1.82, 2.24) is 5.32 Å². The first-order valence-corrected chi connectivity index (χ1v) is 7.65. The van der Waals surface area contributed by atoms with Crippen molar-refractivity contribution in [2.75, 3.05) is 14.2 Å². The van der Waals surface area contributed by atoms with E-state index in [4.69, 9.17) is 9.47 Å². The van der Waals surface area contributed by atoms with Gasteiger partial charge in [-0.05, 0) is 31.0 Å². The zero-order valence-corrected chi connectivity index (χ0v) is 13.4. The summed E-state index contributed by atoms with van der Waals surface area (Å²) in [5.41, 5.74) is 1.20. The Bertz CT molecular complexity index is 357. The minimum Gasteiger partial charge on any atom is -0.497 e. The van der Waals surface area contributed by atoms with Gasteiger partial charge in [-0.3, -0.25) is 0 Å². The third kappa shape index (κ3) is 6.29. The summed E-state index contributed by atoms with van der Waals surface area (Å²) in [6.45, 7) is 5.35. The Morgan fingerprint density at radius 3 is 2.20 bits per heavy atom. The Hall–Kier alpha value is -1.22. The molecule has 0 aliphatic carbocycles. The van der Waals surface area contributed by atoms with Crippen molar-refractivity contribution in [3.63, 3.8) is 0 Å². The average Bonchev–Trinajstić information content (AvgIpc) is 2.49. The van der Waals surface area contributed by atoms with E-state index in [1.165, 1.54) is 37.7 Å². The number of benzene rings is 1. The molecule has 1 aromatic carbocycles. The SMILES string of the molecule is CCCCCCC(C)NCc1cc(OC)cc(OC)c1. The minimum absolute atomic E-state index is 0.545. The van der Waals surface area contributed by atoms with Crippen molar-refractivity contribution in [2.24, 2.45) is 0 Å². The van der Waals surface area contributed by atoms with E-state index >= 15 is 0 Å². The molecule has 0 amide bonds. The zero-order valence-electron chi connectivity index (χ0n) is 13.4. The number of hydrogen-bond donors (Lipinski definition) is 1. The molecule has 1 unspecified atom stereocenters. The lowest BCUT2D eigenvalue weighted by molar-refractivity contribution is 0.392. The van der Waals surface area contributed by atoms with Gasteiger partial charge in [0.15, 0.2) is 0 Å². The van der Waals surface area contributed by atoms with E-state index < -0.39 is 0 Å². The molecule has 0 aromatic heterocycles. The normalized spacial score (nSPS) is 12.2. The van der Waals surface area contributed by atoms with Gasteiger partial charge >= 0.3 is 0 Å². The number of ether oxygens (including phenoxy) is 2. The van der Waals surface area contributed by atoms with Crippen molar-refractivity contribution in [2.45, 2.75) is 58.5 Å². The van der Waals surface area contributed by atoms with Gasteiger partial charge in [0.1, 0.15) is 11.5 Å². The summed E-state index contributed by atoms with van der Waals surface area (Å²) in [4.78, 5) is 0. The third-order valence-corrected chi connectivity index (χ3v) is 3.56. The molecule has 1 rings (SSSR count). The molecule has 0 bridgehead atoms.